The van der Waals surface area contributed by atoms with E-state index >= 15 is 0 Å². The second kappa shape index (κ2) is 45.6. The number of fused-ring (bicyclic) bond motifs is 2. The van der Waals surface area contributed by atoms with Crippen LogP contribution in [-0.2, 0) is 44.2 Å². The molecule has 13 rings (SSSR count). The molecule has 2 heterocycles. The normalized spacial score (nSPS) is 16.2. The lowest BCUT2D eigenvalue weighted by Gasteiger charge is -2.39. The van der Waals surface area contributed by atoms with E-state index in [1.165, 1.54) is 17.2 Å². The molecule has 2 aliphatic rings. The molecule has 0 spiro atoms. The molecule has 0 aliphatic heterocycles. The van der Waals surface area contributed by atoms with Crippen molar-refractivity contribution >= 4 is 68.1 Å². The second-order valence-corrected chi connectivity index (χ2v) is 48.0. The number of anilines is 2. The van der Waals surface area contributed by atoms with Gasteiger partial charge in [0, 0.05) is 64.7 Å². The fourth-order valence-electron chi connectivity index (χ4n) is 16.0. The Balaban J connectivity index is 0.000000237. The number of amides is 2. The van der Waals surface area contributed by atoms with Crippen LogP contribution in [0.1, 0.15) is 184 Å². The van der Waals surface area contributed by atoms with Gasteiger partial charge < -0.3 is 69.3 Å². The minimum absolute atomic E-state index is 0.00718. The van der Waals surface area contributed by atoms with Gasteiger partial charge in [0.25, 0.3) is 0 Å². The molecular weight excluding hydrogens is 1650 g/mol. The Morgan fingerprint density at radius 2 is 0.961 bits per heavy atom. The first-order chi connectivity index (χ1) is 61.7. The molecule has 2 saturated carbocycles. The Bertz CT molecular complexity index is 5580. The molecule has 2 amide bonds. The first-order valence-electron chi connectivity index (χ1n) is 46.2. The molecule has 0 unspecified atom stereocenters. The SMILES string of the molecule is CC(C)(C)NC1CCC(OC(=O)Nc2cc(/C=C/CCOc3ccc(CCNC[C@H](O[Si](C)(C)C(C)(C)C)c4ccc(OCc5ccccc5)c5[nH]c(=O)ccc45)cc3)ccc2-c2ccccc2)CC1.CC(C)(C)[Si](C)(C)O[C@@H](CNCCc1ccc(OCCCCc2ccc(-c3ccccc3)c(NC(=O)OC3CCC(N)CC3)c2)cc1)c1ccc(O)c2[nH]c(=O)ccc12. The van der Waals surface area contributed by atoms with Crippen LogP contribution in [0.15, 0.2) is 240 Å². The van der Waals surface area contributed by atoms with Crippen LogP contribution in [0.25, 0.3) is 50.1 Å². The molecule has 2 fully saturated rings. The predicted molar refractivity (Wildman–Crippen MR) is 530 cm³/mol. The lowest BCUT2D eigenvalue weighted by molar-refractivity contribution is 0.0761. The number of aromatic amines is 2. The quantitative estimate of drug-likeness (QED) is 0.0129. The van der Waals surface area contributed by atoms with E-state index in [1.54, 1.807) is 18.2 Å². The maximum Gasteiger partial charge on any atom is 0.411 e. The van der Waals surface area contributed by atoms with Gasteiger partial charge in [0.15, 0.2) is 16.6 Å². The van der Waals surface area contributed by atoms with Crippen LogP contribution in [0.2, 0.25) is 36.3 Å². The number of aromatic nitrogens is 2. The minimum Gasteiger partial charge on any atom is -0.506 e. The van der Waals surface area contributed by atoms with E-state index < -0.39 is 28.8 Å². The number of nitrogens with one attached hydrogen (secondary N) is 7. The van der Waals surface area contributed by atoms with Crippen LogP contribution < -0.4 is 57.6 Å². The number of H-pyrrole nitrogens is 2. The smallest absolute Gasteiger partial charge is 0.411 e. The second-order valence-electron chi connectivity index (χ2n) is 38.5. The van der Waals surface area contributed by atoms with E-state index in [1.807, 2.05) is 140 Å². The predicted octanol–water partition coefficient (Wildman–Crippen LogP) is 23.4. The van der Waals surface area contributed by atoms with Crippen molar-refractivity contribution in [3.63, 3.8) is 0 Å². The highest BCUT2D eigenvalue weighted by Crippen LogP contribution is 2.44. The van der Waals surface area contributed by atoms with Crippen LogP contribution in [-0.4, -0.2) is 113 Å². The number of pyridine rings is 2. The summed E-state index contributed by atoms with van der Waals surface area (Å²) >= 11 is 0. The zero-order chi connectivity index (χ0) is 91.7. The highest BCUT2D eigenvalue weighted by Gasteiger charge is 2.42. The van der Waals surface area contributed by atoms with Crippen LogP contribution in [0.5, 0.6) is 23.0 Å². The van der Waals surface area contributed by atoms with E-state index in [4.69, 9.17) is 38.3 Å². The third kappa shape index (κ3) is 29.0. The average molecular weight is 1780 g/mol. The Labute approximate surface area is 764 Å². The van der Waals surface area contributed by atoms with Crippen molar-refractivity contribution in [1.82, 2.24) is 25.9 Å². The summed E-state index contributed by atoms with van der Waals surface area (Å²) in [4.78, 5) is 56.8. The first kappa shape index (κ1) is 97.1. The molecule has 129 heavy (non-hydrogen) atoms. The largest absolute Gasteiger partial charge is 0.506 e. The maximum atomic E-state index is 13.2. The molecule has 0 radical (unpaired) electrons. The highest BCUT2D eigenvalue weighted by atomic mass is 28.4. The Morgan fingerprint density at radius 1 is 0.488 bits per heavy atom. The number of phenols is 1. The minimum atomic E-state index is -2.20. The molecule has 0 saturated heterocycles. The Kier molecular flexibility index (Phi) is 34.3. The van der Waals surface area contributed by atoms with Crippen molar-refractivity contribution in [3.8, 4) is 45.3 Å². The lowest BCUT2D eigenvalue weighted by atomic mass is 9.91. The topological polar surface area (TPSA) is 271 Å². The number of aryl methyl sites for hydroxylation is 1. The summed E-state index contributed by atoms with van der Waals surface area (Å²) in [5.41, 5.74) is 19.8. The summed E-state index contributed by atoms with van der Waals surface area (Å²) in [7, 11) is -4.37. The molecule has 684 valence electrons. The molecule has 2 aromatic heterocycles. The summed E-state index contributed by atoms with van der Waals surface area (Å²) in [6.07, 6.45) is 14.8. The third-order valence-corrected chi connectivity index (χ3v) is 34.2. The van der Waals surface area contributed by atoms with Crippen molar-refractivity contribution in [2.45, 2.75) is 237 Å². The zero-order valence-corrected chi connectivity index (χ0v) is 79.8. The van der Waals surface area contributed by atoms with Gasteiger partial charge in [-0.15, -0.1) is 0 Å². The molecule has 2 atom stereocenters. The molecular formula is C107H136N8O12Si2. The van der Waals surface area contributed by atoms with Crippen LogP contribution in [0, 0.1) is 0 Å². The molecule has 11 aromatic rings. The van der Waals surface area contributed by atoms with Gasteiger partial charge >= 0.3 is 12.2 Å². The number of hydrogen-bond acceptors (Lipinski definition) is 16. The summed E-state index contributed by atoms with van der Waals surface area (Å²) in [6, 6.07) is 74.2. The monoisotopic (exact) mass is 1780 g/mol. The van der Waals surface area contributed by atoms with E-state index in [2.05, 4.69) is 198 Å². The van der Waals surface area contributed by atoms with Gasteiger partial charge in [-0.25, -0.2) is 9.59 Å². The van der Waals surface area contributed by atoms with Gasteiger partial charge in [0.1, 0.15) is 41.8 Å². The fourth-order valence-corrected chi connectivity index (χ4v) is 18.6. The number of phenolic OH excluding ortho intramolecular Hbond substituents is 1. The van der Waals surface area contributed by atoms with E-state index in [-0.39, 0.29) is 62.9 Å². The first-order valence-corrected chi connectivity index (χ1v) is 52.0. The molecule has 10 N–H and O–H groups in total. The number of nitrogens with two attached hydrogens (primary N) is 1. The number of benzene rings is 9. The standard InChI is InChI=1S/C59H74N4O6Si.C48H62N4O6Si/c1-58(2,3)63-46-25-29-48(30-26-46)68-57(65)61-52-39-43(24-31-49(52)45-20-13-10-14-21-45)17-15-16-38-66-47-27-22-42(23-28-47)36-37-60-40-54(69-70(7,8)59(4,5)6)50-32-34-53(56-51(50)33-35-55(64)62-56)67-41-44-18-11-9-12-19-44;1-48(2,3)59(4,5)58-44(40-24-26-43(53)46-41(40)25-27-45(54)52-46)32-50-29-28-33-14-19-37(20-15-33)56-30-10-9-11-34-16-23-39(35-12-7-6-8-13-35)42(31-34)51-47(55)57-38-21-17-36(49)18-22-38/h9-15,17-24,27-28,31-35,39,46,48,54,60,63H,16,25-26,29-30,36-38,40-41H2,1-8H3,(H,61,65)(H,62,64);6-8,12-16,19-20,23-27,31,36,38,44,50,53H,9-11,17-18,21-22,28-30,32,49H2,1-5H3,(H,51,55)(H,52,54)/b17-15+;/t46?,48?,54-;36?,38?,44-/m00/s1. The highest BCUT2D eigenvalue weighted by molar-refractivity contribution is 6.74. The van der Waals surface area contributed by atoms with E-state index in [0.29, 0.717) is 55.7 Å². The number of unbranched alkanes of at least 4 members (excludes halogenated alkanes) is 1. The summed E-state index contributed by atoms with van der Waals surface area (Å²) in [5, 5.41) is 29.3. The van der Waals surface area contributed by atoms with Gasteiger partial charge in [-0.1, -0.05) is 205 Å². The molecule has 9 aromatic carbocycles. The van der Waals surface area contributed by atoms with E-state index in [9.17, 15) is 24.3 Å². The van der Waals surface area contributed by atoms with Gasteiger partial charge in [-0.2, -0.15) is 0 Å². The Morgan fingerprint density at radius 3 is 1.49 bits per heavy atom. The number of rotatable bonds is 37. The van der Waals surface area contributed by atoms with Crippen LogP contribution >= 0.6 is 0 Å². The van der Waals surface area contributed by atoms with Gasteiger partial charge in [0.2, 0.25) is 11.1 Å². The van der Waals surface area contributed by atoms with Crippen molar-refractivity contribution in [1.29, 1.82) is 0 Å². The van der Waals surface area contributed by atoms with Gasteiger partial charge in [-0.05, 0) is 271 Å². The van der Waals surface area contributed by atoms with Crippen molar-refractivity contribution < 1.29 is 47.2 Å². The average Bonchev–Trinajstić information content (AvgIpc) is 0.782. The van der Waals surface area contributed by atoms with Crippen LogP contribution in [0.4, 0.5) is 21.0 Å². The number of hydrogen-bond donors (Lipinski definition) is 9. The lowest BCUT2D eigenvalue weighted by Crippen LogP contribution is -2.46. The van der Waals surface area contributed by atoms with E-state index in [0.717, 1.165) is 187 Å². The molecule has 20 nitrogen and oxygen atoms in total. The summed E-state index contributed by atoms with van der Waals surface area (Å²) in [5.74, 6) is 2.35. The number of carbonyl (C=O) groups excluding carboxylic acids is 2. The van der Waals surface area contributed by atoms with Crippen LogP contribution in [0.3, 0.4) is 0 Å². The summed E-state index contributed by atoms with van der Waals surface area (Å²) < 4.78 is 44.3. The zero-order valence-electron chi connectivity index (χ0n) is 77.8. The number of carbonyl (C=O) groups is 2. The van der Waals surface area contributed by atoms with Crippen molar-refractivity contribution in [2.24, 2.45) is 5.73 Å². The molecule has 2 aliphatic carbocycles. The summed E-state index contributed by atoms with van der Waals surface area (Å²) in [6.45, 7) is 33.3. The molecule has 0 bridgehead atoms. The van der Waals surface area contributed by atoms with Crippen molar-refractivity contribution in [3.05, 3.63) is 290 Å². The van der Waals surface area contributed by atoms with Gasteiger partial charge in [0.05, 0.1) is 47.8 Å². The van der Waals surface area contributed by atoms with Crippen molar-refractivity contribution in [2.75, 3.05) is 50.0 Å². The molecule has 22 heteroatoms. The maximum absolute atomic E-state index is 13.2. The fraction of sp³-hybridized carbons (Fsp3) is 0.402. The number of ether oxygens (including phenoxy) is 5. The third-order valence-electron chi connectivity index (χ3n) is 25.2. The van der Waals surface area contributed by atoms with Gasteiger partial charge in [-0.3, -0.25) is 20.2 Å². The number of aromatic hydroxyl groups is 1. The Hall–Kier alpha value is -10.9.